The van der Waals surface area contributed by atoms with Crippen LogP contribution >= 0.6 is 0 Å². The van der Waals surface area contributed by atoms with Gasteiger partial charge in [-0.25, -0.2) is 4.39 Å². The number of anilines is 2. The largest absolute Gasteiger partial charge is 0.399 e. The van der Waals surface area contributed by atoms with Crippen LogP contribution in [0.5, 0.6) is 0 Å². The predicted octanol–water partition coefficient (Wildman–Crippen LogP) is 3.45. The van der Waals surface area contributed by atoms with Gasteiger partial charge in [0.15, 0.2) is 0 Å². The Morgan fingerprint density at radius 3 is 2.68 bits per heavy atom. The van der Waals surface area contributed by atoms with E-state index >= 15 is 0 Å². The number of halogens is 1. The summed E-state index contributed by atoms with van der Waals surface area (Å²) < 4.78 is 13.5. The second-order valence-corrected chi connectivity index (χ2v) is 4.31. The van der Waals surface area contributed by atoms with Gasteiger partial charge in [-0.3, -0.25) is 0 Å². The monoisotopic (exact) mass is 255 g/mol. The van der Waals surface area contributed by atoms with Crippen molar-refractivity contribution in [1.29, 1.82) is 5.26 Å². The van der Waals surface area contributed by atoms with Crippen molar-refractivity contribution >= 4 is 11.4 Å². The highest BCUT2D eigenvalue weighted by atomic mass is 19.1. The van der Waals surface area contributed by atoms with Crippen LogP contribution in [-0.4, -0.2) is 0 Å². The smallest absolute Gasteiger partial charge is 0.143 e. The lowest BCUT2D eigenvalue weighted by Crippen LogP contribution is -2.08. The molecule has 0 fully saturated rings. The summed E-state index contributed by atoms with van der Waals surface area (Å²) >= 11 is 0. The van der Waals surface area contributed by atoms with E-state index in [0.717, 1.165) is 5.56 Å². The van der Waals surface area contributed by atoms with Crippen LogP contribution in [0.25, 0.3) is 0 Å². The maximum atomic E-state index is 13.5. The van der Waals surface area contributed by atoms with E-state index in [4.69, 9.17) is 11.0 Å². The Kier molecular flexibility index (Phi) is 3.67. The zero-order valence-electron chi connectivity index (χ0n) is 10.5. The lowest BCUT2D eigenvalue weighted by molar-refractivity contribution is 0.624. The summed E-state index contributed by atoms with van der Waals surface area (Å²) in [6, 6.07) is 13.8. The zero-order chi connectivity index (χ0) is 13.8. The number of benzene rings is 2. The highest BCUT2D eigenvalue weighted by Gasteiger charge is 2.11. The van der Waals surface area contributed by atoms with Crippen molar-refractivity contribution in [2.45, 2.75) is 13.0 Å². The molecule has 0 aliphatic heterocycles. The number of nitrogens with zero attached hydrogens (tertiary/aromatic N) is 1. The molecule has 3 N–H and O–H groups in total. The summed E-state index contributed by atoms with van der Waals surface area (Å²) in [5.74, 6) is -0.521. The van der Waals surface area contributed by atoms with Crippen molar-refractivity contribution in [3.8, 4) is 6.07 Å². The first kappa shape index (κ1) is 12.9. The van der Waals surface area contributed by atoms with Crippen molar-refractivity contribution in [2.24, 2.45) is 0 Å². The first-order valence-electron chi connectivity index (χ1n) is 5.92. The molecule has 0 aromatic heterocycles. The summed E-state index contributed by atoms with van der Waals surface area (Å²) in [7, 11) is 0. The van der Waals surface area contributed by atoms with Gasteiger partial charge in [-0.1, -0.05) is 18.2 Å². The Labute approximate surface area is 111 Å². The van der Waals surface area contributed by atoms with Crippen LogP contribution in [-0.2, 0) is 0 Å². The molecule has 0 amide bonds. The van der Waals surface area contributed by atoms with E-state index in [-0.39, 0.29) is 11.6 Å². The number of hydrogen-bond acceptors (Lipinski definition) is 3. The molecule has 0 radical (unpaired) electrons. The average molecular weight is 255 g/mol. The Bertz CT molecular complexity index is 632. The lowest BCUT2D eigenvalue weighted by atomic mass is 10.1. The van der Waals surface area contributed by atoms with Gasteiger partial charge >= 0.3 is 0 Å². The van der Waals surface area contributed by atoms with Crippen molar-refractivity contribution in [3.63, 3.8) is 0 Å². The fraction of sp³-hybridized carbons (Fsp3) is 0.133. The molecular formula is C15H14FN3. The van der Waals surface area contributed by atoms with Gasteiger partial charge < -0.3 is 11.1 Å². The Morgan fingerprint density at radius 2 is 2.00 bits per heavy atom. The molecule has 4 heteroatoms. The molecule has 0 saturated carbocycles. The molecule has 0 heterocycles. The molecular weight excluding hydrogens is 241 g/mol. The second-order valence-electron chi connectivity index (χ2n) is 4.31. The van der Waals surface area contributed by atoms with Crippen molar-refractivity contribution in [1.82, 2.24) is 0 Å². The molecule has 0 aliphatic rings. The first-order chi connectivity index (χ1) is 9.11. The summed E-state index contributed by atoms with van der Waals surface area (Å²) in [6.07, 6.45) is 0. The molecule has 0 spiro atoms. The molecule has 96 valence electrons. The average Bonchev–Trinajstić information content (AvgIpc) is 2.39. The van der Waals surface area contributed by atoms with Crippen LogP contribution in [0.4, 0.5) is 15.8 Å². The molecule has 2 rings (SSSR count). The van der Waals surface area contributed by atoms with Crippen LogP contribution in [0.2, 0.25) is 0 Å². The molecule has 3 nitrogen and oxygen atoms in total. The van der Waals surface area contributed by atoms with Gasteiger partial charge in [0.1, 0.15) is 17.4 Å². The van der Waals surface area contributed by atoms with Gasteiger partial charge in [0.25, 0.3) is 0 Å². The van der Waals surface area contributed by atoms with Crippen molar-refractivity contribution in [3.05, 3.63) is 59.4 Å². The van der Waals surface area contributed by atoms with Gasteiger partial charge in [-0.05, 0) is 36.8 Å². The molecule has 1 unspecified atom stereocenters. The zero-order valence-corrected chi connectivity index (χ0v) is 10.5. The van der Waals surface area contributed by atoms with Crippen LogP contribution in [0.15, 0.2) is 42.5 Å². The summed E-state index contributed by atoms with van der Waals surface area (Å²) in [5, 5.41) is 12.1. The highest BCUT2D eigenvalue weighted by molar-refractivity contribution is 5.59. The SMILES string of the molecule is CC(Nc1cccc(F)c1C#N)c1cccc(N)c1. The highest BCUT2D eigenvalue weighted by Crippen LogP contribution is 2.24. The van der Waals surface area contributed by atoms with E-state index in [1.807, 2.05) is 31.2 Å². The van der Waals surface area contributed by atoms with E-state index in [0.29, 0.717) is 11.4 Å². The third-order valence-corrected chi connectivity index (χ3v) is 2.91. The number of nitriles is 1. The van der Waals surface area contributed by atoms with Crippen LogP contribution < -0.4 is 11.1 Å². The summed E-state index contributed by atoms with van der Waals surface area (Å²) in [6.45, 7) is 1.93. The van der Waals surface area contributed by atoms with Crippen LogP contribution in [0.1, 0.15) is 24.1 Å². The maximum Gasteiger partial charge on any atom is 0.143 e. The number of nitrogens with one attached hydrogen (secondary N) is 1. The Balaban J connectivity index is 2.27. The van der Waals surface area contributed by atoms with Gasteiger partial charge in [0.05, 0.1) is 5.69 Å². The molecule has 0 aliphatic carbocycles. The van der Waals surface area contributed by atoms with Crippen molar-refractivity contribution in [2.75, 3.05) is 11.1 Å². The van der Waals surface area contributed by atoms with Gasteiger partial charge in [-0.15, -0.1) is 0 Å². The van der Waals surface area contributed by atoms with Gasteiger partial charge in [0, 0.05) is 11.7 Å². The molecule has 2 aromatic rings. The molecule has 1 atom stereocenters. The lowest BCUT2D eigenvalue weighted by Gasteiger charge is -2.17. The topological polar surface area (TPSA) is 61.8 Å². The minimum Gasteiger partial charge on any atom is -0.399 e. The standard InChI is InChI=1S/C15H14FN3/c1-10(11-4-2-5-12(18)8-11)19-15-7-3-6-14(16)13(15)9-17/h2-8,10,19H,18H2,1H3. The van der Waals surface area contributed by atoms with Crippen molar-refractivity contribution < 1.29 is 4.39 Å². The normalized spacial score (nSPS) is 11.6. The Morgan fingerprint density at radius 1 is 1.26 bits per heavy atom. The van der Waals surface area contributed by atoms with E-state index in [9.17, 15) is 4.39 Å². The Hall–Kier alpha value is -2.54. The fourth-order valence-electron chi connectivity index (χ4n) is 1.90. The molecule has 0 saturated heterocycles. The fourth-order valence-corrected chi connectivity index (χ4v) is 1.90. The predicted molar refractivity (Wildman–Crippen MR) is 74.0 cm³/mol. The van der Waals surface area contributed by atoms with E-state index < -0.39 is 5.82 Å². The number of nitrogen functional groups attached to an aromatic ring is 1. The number of hydrogen-bond donors (Lipinski definition) is 2. The maximum absolute atomic E-state index is 13.5. The second kappa shape index (κ2) is 5.40. The number of nitrogens with two attached hydrogens (primary N) is 1. The number of rotatable bonds is 3. The minimum absolute atomic E-state index is 0.0262. The first-order valence-corrected chi connectivity index (χ1v) is 5.92. The van der Waals surface area contributed by atoms with Crippen LogP contribution in [0.3, 0.4) is 0 Å². The summed E-state index contributed by atoms with van der Waals surface area (Å²) in [4.78, 5) is 0. The third-order valence-electron chi connectivity index (χ3n) is 2.91. The van der Waals surface area contributed by atoms with Gasteiger partial charge in [-0.2, -0.15) is 5.26 Å². The third kappa shape index (κ3) is 2.83. The minimum atomic E-state index is -0.521. The van der Waals surface area contributed by atoms with Crippen LogP contribution in [0, 0.1) is 17.1 Å². The van der Waals surface area contributed by atoms with E-state index in [1.165, 1.54) is 6.07 Å². The van der Waals surface area contributed by atoms with E-state index in [1.54, 1.807) is 18.2 Å². The quantitative estimate of drug-likeness (QED) is 0.826. The molecule has 0 bridgehead atoms. The van der Waals surface area contributed by atoms with Gasteiger partial charge in [0.2, 0.25) is 0 Å². The van der Waals surface area contributed by atoms with E-state index in [2.05, 4.69) is 5.32 Å². The molecule has 19 heavy (non-hydrogen) atoms. The summed E-state index contributed by atoms with van der Waals surface area (Å²) in [5.41, 5.74) is 7.89. The molecule has 2 aromatic carbocycles.